The summed E-state index contributed by atoms with van der Waals surface area (Å²) in [5.74, 6) is 1.37. The van der Waals surface area contributed by atoms with Crippen LogP contribution < -0.4 is 0 Å². The van der Waals surface area contributed by atoms with E-state index in [0.29, 0.717) is 34.7 Å². The fourth-order valence-electron chi connectivity index (χ4n) is 4.28. The van der Waals surface area contributed by atoms with Crippen molar-refractivity contribution in [2.75, 3.05) is 13.1 Å². The van der Waals surface area contributed by atoms with Gasteiger partial charge in [0.15, 0.2) is 0 Å². The van der Waals surface area contributed by atoms with Crippen LogP contribution in [0.4, 0.5) is 0 Å². The minimum atomic E-state index is -3.43. The smallest absolute Gasteiger partial charge is 0.243 e. The molecule has 3 aromatic rings. The molecule has 6 nitrogen and oxygen atoms in total. The summed E-state index contributed by atoms with van der Waals surface area (Å²) in [4.78, 5) is 4.93. The second-order valence-corrected chi connectivity index (χ2v) is 10.2. The highest BCUT2D eigenvalue weighted by Crippen LogP contribution is 2.64. The fraction of sp³-hybridized carbons (Fsp3) is 0.333. The Morgan fingerprint density at radius 3 is 2.55 bits per heavy atom. The SMILES string of the molecule is O=S(=O)(c1ccccc1)N1CCC2(CC1)C[C@@H]2c1nc(-c2cccc(Cl)c2)no1. The van der Waals surface area contributed by atoms with Crippen molar-refractivity contribution >= 4 is 21.6 Å². The van der Waals surface area contributed by atoms with Gasteiger partial charge in [-0.1, -0.05) is 47.1 Å². The lowest BCUT2D eigenvalue weighted by molar-refractivity contribution is 0.242. The summed E-state index contributed by atoms with van der Waals surface area (Å²) in [6, 6.07) is 16.0. The molecule has 0 unspecified atom stereocenters. The van der Waals surface area contributed by atoms with E-state index in [1.807, 2.05) is 24.3 Å². The third-order valence-electron chi connectivity index (χ3n) is 6.11. The van der Waals surface area contributed by atoms with E-state index in [-0.39, 0.29) is 11.3 Å². The lowest BCUT2D eigenvalue weighted by Gasteiger charge is -2.31. The number of nitrogens with zero attached hydrogens (tertiary/aromatic N) is 3. The fourth-order valence-corrected chi connectivity index (χ4v) is 5.94. The van der Waals surface area contributed by atoms with Crippen molar-refractivity contribution in [3.8, 4) is 11.4 Å². The Bertz CT molecular complexity index is 1140. The zero-order valence-corrected chi connectivity index (χ0v) is 17.2. The number of sulfonamides is 1. The first-order chi connectivity index (χ1) is 14.0. The van der Waals surface area contributed by atoms with Gasteiger partial charge < -0.3 is 4.52 Å². The highest BCUT2D eigenvalue weighted by atomic mass is 35.5. The molecule has 0 N–H and O–H groups in total. The quantitative estimate of drug-likeness (QED) is 0.616. The van der Waals surface area contributed by atoms with Gasteiger partial charge in [-0.05, 0) is 48.9 Å². The van der Waals surface area contributed by atoms with E-state index in [1.54, 1.807) is 34.6 Å². The van der Waals surface area contributed by atoms with Gasteiger partial charge in [0.1, 0.15) is 0 Å². The number of piperidine rings is 1. The first-order valence-electron chi connectivity index (χ1n) is 9.63. The lowest BCUT2D eigenvalue weighted by Crippen LogP contribution is -2.39. The third-order valence-corrected chi connectivity index (χ3v) is 8.26. The van der Waals surface area contributed by atoms with Crippen molar-refractivity contribution in [1.29, 1.82) is 0 Å². The van der Waals surface area contributed by atoms with Crippen molar-refractivity contribution < 1.29 is 12.9 Å². The predicted octanol–water partition coefficient (Wildman–Crippen LogP) is 4.35. The first kappa shape index (κ1) is 18.8. The van der Waals surface area contributed by atoms with Crippen molar-refractivity contribution in [2.24, 2.45) is 5.41 Å². The Hall–Kier alpha value is -2.22. The average Bonchev–Trinajstić information content (AvgIpc) is 3.20. The monoisotopic (exact) mass is 429 g/mol. The second kappa shape index (κ2) is 6.93. The van der Waals surface area contributed by atoms with Crippen LogP contribution >= 0.6 is 11.6 Å². The van der Waals surface area contributed by atoms with Crippen LogP contribution in [0.1, 0.15) is 31.1 Å². The van der Waals surface area contributed by atoms with E-state index < -0.39 is 10.0 Å². The lowest BCUT2D eigenvalue weighted by atomic mass is 9.92. The molecule has 1 aliphatic heterocycles. The van der Waals surface area contributed by atoms with Gasteiger partial charge in [0.05, 0.1) is 4.90 Å². The van der Waals surface area contributed by atoms with E-state index in [4.69, 9.17) is 16.1 Å². The summed E-state index contributed by atoms with van der Waals surface area (Å²) in [7, 11) is -3.43. The molecule has 0 bridgehead atoms. The van der Waals surface area contributed by atoms with Crippen LogP contribution in [0.15, 0.2) is 64.0 Å². The number of hydrogen-bond acceptors (Lipinski definition) is 5. The Labute approximate surface area is 174 Å². The second-order valence-electron chi connectivity index (χ2n) is 7.80. The van der Waals surface area contributed by atoms with E-state index in [0.717, 1.165) is 24.8 Å². The molecule has 1 saturated heterocycles. The topological polar surface area (TPSA) is 76.3 Å². The van der Waals surface area contributed by atoms with Crippen molar-refractivity contribution in [3.05, 3.63) is 65.5 Å². The molecule has 2 heterocycles. The van der Waals surface area contributed by atoms with Crippen LogP contribution in [-0.2, 0) is 10.0 Å². The number of hydrogen-bond donors (Lipinski definition) is 0. The van der Waals surface area contributed by atoms with Crippen LogP contribution in [0.2, 0.25) is 5.02 Å². The zero-order chi connectivity index (χ0) is 20.1. The normalized spacial score (nSPS) is 21.3. The molecule has 150 valence electrons. The standard InChI is InChI=1S/C21H20ClN3O3S/c22-16-6-4-5-15(13-16)19-23-20(28-24-19)18-14-21(18)9-11-25(12-10-21)29(26,27)17-7-2-1-3-8-17/h1-8,13,18H,9-12,14H2/t18-/m1/s1. The van der Waals surface area contributed by atoms with Crippen molar-refractivity contribution in [3.63, 3.8) is 0 Å². The summed E-state index contributed by atoms with van der Waals surface area (Å²) in [6.45, 7) is 1.03. The van der Waals surface area contributed by atoms with Gasteiger partial charge in [0.2, 0.25) is 21.7 Å². The van der Waals surface area contributed by atoms with E-state index in [2.05, 4.69) is 10.1 Å². The number of halogens is 1. The van der Waals surface area contributed by atoms with Gasteiger partial charge in [-0.25, -0.2) is 8.42 Å². The summed E-state index contributed by atoms with van der Waals surface area (Å²) in [5, 5.41) is 4.74. The molecule has 1 spiro atoms. The molecule has 5 rings (SSSR count). The molecule has 29 heavy (non-hydrogen) atoms. The number of benzene rings is 2. The summed E-state index contributed by atoms with van der Waals surface area (Å²) in [6.07, 6.45) is 2.57. The van der Waals surface area contributed by atoms with E-state index in [9.17, 15) is 8.42 Å². The maximum atomic E-state index is 12.8. The maximum Gasteiger partial charge on any atom is 0.243 e. The highest BCUT2D eigenvalue weighted by molar-refractivity contribution is 7.89. The molecule has 1 aliphatic carbocycles. The summed E-state index contributed by atoms with van der Waals surface area (Å²) >= 11 is 6.05. The van der Waals surface area contributed by atoms with Crippen LogP contribution in [0.25, 0.3) is 11.4 Å². The number of rotatable bonds is 4. The Balaban J connectivity index is 1.28. The van der Waals surface area contributed by atoms with Crippen LogP contribution in [-0.4, -0.2) is 36.0 Å². The average molecular weight is 430 g/mol. The third kappa shape index (κ3) is 3.37. The largest absolute Gasteiger partial charge is 0.339 e. The van der Waals surface area contributed by atoms with Gasteiger partial charge in [0, 0.05) is 29.6 Å². The van der Waals surface area contributed by atoms with Gasteiger partial charge in [-0.2, -0.15) is 9.29 Å². The van der Waals surface area contributed by atoms with Crippen LogP contribution in [0, 0.1) is 5.41 Å². The van der Waals surface area contributed by atoms with Crippen molar-refractivity contribution in [2.45, 2.75) is 30.1 Å². The Kier molecular flexibility index (Phi) is 4.49. The minimum Gasteiger partial charge on any atom is -0.339 e. The van der Waals surface area contributed by atoms with E-state index in [1.165, 1.54) is 0 Å². The summed E-state index contributed by atoms with van der Waals surface area (Å²) < 4.78 is 32.8. The Morgan fingerprint density at radius 2 is 1.83 bits per heavy atom. The zero-order valence-electron chi connectivity index (χ0n) is 15.7. The van der Waals surface area contributed by atoms with Crippen molar-refractivity contribution in [1.82, 2.24) is 14.4 Å². The molecule has 2 aliphatic rings. The van der Waals surface area contributed by atoms with Crippen LogP contribution in [0.5, 0.6) is 0 Å². The molecule has 1 atom stereocenters. The van der Waals surface area contributed by atoms with Crippen LogP contribution in [0.3, 0.4) is 0 Å². The molecular formula is C21H20ClN3O3S. The molecule has 8 heteroatoms. The highest BCUT2D eigenvalue weighted by Gasteiger charge is 2.59. The predicted molar refractivity (Wildman–Crippen MR) is 109 cm³/mol. The van der Waals surface area contributed by atoms with Gasteiger partial charge in [0.25, 0.3) is 0 Å². The van der Waals surface area contributed by atoms with Gasteiger partial charge in [-0.15, -0.1) is 0 Å². The molecule has 1 saturated carbocycles. The molecular weight excluding hydrogens is 410 g/mol. The van der Waals surface area contributed by atoms with Gasteiger partial charge >= 0.3 is 0 Å². The summed E-state index contributed by atoms with van der Waals surface area (Å²) in [5.41, 5.74) is 0.895. The minimum absolute atomic E-state index is 0.0703. The Morgan fingerprint density at radius 1 is 1.07 bits per heavy atom. The number of aromatic nitrogens is 2. The first-order valence-corrected chi connectivity index (χ1v) is 11.4. The molecule has 2 aromatic carbocycles. The molecule has 0 amide bonds. The maximum absolute atomic E-state index is 12.8. The molecule has 2 fully saturated rings. The van der Waals surface area contributed by atoms with E-state index >= 15 is 0 Å². The molecule has 1 aromatic heterocycles. The molecule has 0 radical (unpaired) electrons. The van der Waals surface area contributed by atoms with Gasteiger partial charge in [-0.3, -0.25) is 0 Å².